The molecule has 0 saturated carbocycles. The van der Waals surface area contributed by atoms with Crippen molar-refractivity contribution in [3.8, 4) is 0 Å². The SMILES string of the molecule is C/C=C(\C=C(Cl)/C=C/Cl)C(/C)=N/C1(N(CCCC(C)(C)C)C(C)=O)CCN(CC(C)C)CC1.CC.CC(=O)NCC(N)CN(C)NN.c1ccccc1. The average molecular weight is 782 g/mol. The van der Waals surface area contributed by atoms with Gasteiger partial charge in [-0.15, -0.1) is 0 Å². The fourth-order valence-corrected chi connectivity index (χ4v) is 6.02. The Hall–Kier alpha value is -2.57. The standard InChI is InChI=1S/C27H45Cl2N3O.C6H17N5O.C6H6.C2H6/c1-9-24(19-25(29)11-15-28)22(4)30-27(13-17-31(18-14-27)20-21(2)3)32(23(5)33)16-10-12-26(6,7)8;1-5(12)9-3-6(7)4-11(2)10-8;1-2-4-6-5-3-1;1-2/h9,11,15,19,21H,10,12-14,16-18,20H2,1-8H3;6,10H,3-4,7-8H2,1-2H3,(H,9,12);1-6H;1-2H3/b15-11+,24-9+,25-19+,30-22+;;;. The maximum atomic E-state index is 12.9. The molecule has 0 radical (unpaired) electrons. The molecule has 2 rings (SSSR count). The zero-order valence-corrected chi connectivity index (χ0v) is 36.5. The number of nitrogens with two attached hydrogens (primary N) is 2. The Balaban J connectivity index is 0. The van der Waals surface area contributed by atoms with Crippen molar-refractivity contribution in [3.05, 3.63) is 70.8 Å². The summed E-state index contributed by atoms with van der Waals surface area (Å²) < 4.78 is 0. The van der Waals surface area contributed by atoms with E-state index < -0.39 is 5.66 Å². The Kier molecular flexibility index (Phi) is 29.5. The highest BCUT2D eigenvalue weighted by atomic mass is 35.5. The van der Waals surface area contributed by atoms with Gasteiger partial charge in [0.05, 0.1) is 0 Å². The minimum absolute atomic E-state index is 0.0752. The lowest BCUT2D eigenvalue weighted by Crippen LogP contribution is -2.57. The number of nitrogens with zero attached hydrogens (tertiary/aromatic N) is 4. The molecule has 2 amide bonds. The van der Waals surface area contributed by atoms with Crippen molar-refractivity contribution < 1.29 is 9.59 Å². The summed E-state index contributed by atoms with van der Waals surface area (Å²) in [5.74, 6) is 5.75. The van der Waals surface area contributed by atoms with E-state index in [4.69, 9.17) is 39.8 Å². The van der Waals surface area contributed by atoms with Crippen LogP contribution in [0.3, 0.4) is 0 Å². The van der Waals surface area contributed by atoms with Crippen LogP contribution in [0.1, 0.15) is 102 Å². The van der Waals surface area contributed by atoms with Crippen LogP contribution in [0, 0.1) is 11.3 Å². The summed E-state index contributed by atoms with van der Waals surface area (Å²) in [6.07, 6.45) is 9.23. The minimum atomic E-state index is -0.530. The summed E-state index contributed by atoms with van der Waals surface area (Å²) in [6, 6.07) is 11.9. The topological polar surface area (TPSA) is 132 Å². The van der Waals surface area contributed by atoms with Gasteiger partial charge in [-0.1, -0.05) is 114 Å². The molecule has 304 valence electrons. The largest absolute Gasteiger partial charge is 0.355 e. The second kappa shape index (κ2) is 29.7. The first-order chi connectivity index (χ1) is 24.9. The molecule has 10 nitrogen and oxygen atoms in total. The number of hydrogen-bond donors (Lipinski definition) is 4. The number of carbonyl (C=O) groups is 2. The van der Waals surface area contributed by atoms with Crippen molar-refractivity contribution >= 4 is 40.7 Å². The Labute approximate surface area is 333 Å². The van der Waals surface area contributed by atoms with Crippen molar-refractivity contribution in [1.29, 1.82) is 0 Å². The van der Waals surface area contributed by atoms with E-state index in [1.165, 1.54) is 12.5 Å². The summed E-state index contributed by atoms with van der Waals surface area (Å²) in [4.78, 5) is 33.2. The van der Waals surface area contributed by atoms with Crippen LogP contribution in [-0.4, -0.2) is 90.4 Å². The molecule has 1 saturated heterocycles. The molecule has 53 heavy (non-hydrogen) atoms. The quantitative estimate of drug-likeness (QED) is 0.0617. The van der Waals surface area contributed by atoms with Crippen LogP contribution in [-0.2, 0) is 9.59 Å². The zero-order valence-electron chi connectivity index (χ0n) is 35.0. The molecule has 1 heterocycles. The lowest BCUT2D eigenvalue weighted by molar-refractivity contribution is -0.137. The Bertz CT molecular complexity index is 1210. The first-order valence-electron chi connectivity index (χ1n) is 18.9. The average Bonchev–Trinajstić information content (AvgIpc) is 3.10. The van der Waals surface area contributed by atoms with Gasteiger partial charge in [-0.05, 0) is 55.7 Å². The van der Waals surface area contributed by atoms with Crippen LogP contribution in [0.2, 0.25) is 0 Å². The molecule has 0 aliphatic carbocycles. The van der Waals surface area contributed by atoms with Crippen molar-refractivity contribution in [2.24, 2.45) is 27.9 Å². The number of amides is 2. The predicted molar refractivity (Wildman–Crippen MR) is 230 cm³/mol. The van der Waals surface area contributed by atoms with Crippen LogP contribution >= 0.6 is 23.2 Å². The number of aliphatic imine (C=N–C) groups is 1. The fraction of sp³-hybridized carbons (Fsp3) is 0.634. The Morgan fingerprint density at radius 3 is 1.96 bits per heavy atom. The third-order valence-corrected chi connectivity index (χ3v) is 8.46. The molecular formula is C41H74Cl2N8O2. The molecule has 0 bridgehead atoms. The van der Waals surface area contributed by atoms with E-state index in [0.717, 1.165) is 63.1 Å². The van der Waals surface area contributed by atoms with Crippen molar-refractivity contribution in [2.75, 3.05) is 46.3 Å². The van der Waals surface area contributed by atoms with Gasteiger partial charge in [-0.2, -0.15) is 5.53 Å². The molecule has 1 unspecified atom stereocenters. The van der Waals surface area contributed by atoms with Gasteiger partial charge in [0.15, 0.2) is 0 Å². The molecular weight excluding hydrogens is 707 g/mol. The van der Waals surface area contributed by atoms with Crippen molar-refractivity contribution in [1.82, 2.24) is 25.7 Å². The number of nitrogens with one attached hydrogen (secondary N) is 2. The Morgan fingerprint density at radius 1 is 1.04 bits per heavy atom. The molecule has 1 aromatic carbocycles. The van der Waals surface area contributed by atoms with Crippen LogP contribution in [0.4, 0.5) is 0 Å². The molecule has 12 heteroatoms. The maximum Gasteiger partial charge on any atom is 0.221 e. The van der Waals surface area contributed by atoms with E-state index in [9.17, 15) is 9.59 Å². The van der Waals surface area contributed by atoms with Gasteiger partial charge in [-0.3, -0.25) is 20.4 Å². The summed E-state index contributed by atoms with van der Waals surface area (Å²) >= 11 is 12.0. The third kappa shape index (κ3) is 26.0. The lowest BCUT2D eigenvalue weighted by atomic mass is 9.89. The normalized spacial score (nSPS) is 15.8. The number of benzene rings is 1. The van der Waals surface area contributed by atoms with Gasteiger partial charge >= 0.3 is 0 Å². The number of likely N-dealkylation sites (N-methyl/N-ethyl adjacent to an activating group) is 1. The van der Waals surface area contributed by atoms with Crippen molar-refractivity contribution in [2.45, 2.75) is 114 Å². The van der Waals surface area contributed by atoms with E-state index in [1.54, 1.807) is 25.1 Å². The number of allylic oxidation sites excluding steroid dienone is 5. The molecule has 1 aliphatic rings. The molecule has 0 aromatic heterocycles. The van der Waals surface area contributed by atoms with Gasteiger partial charge in [-0.25, -0.2) is 5.01 Å². The van der Waals surface area contributed by atoms with Crippen LogP contribution < -0.4 is 22.4 Å². The van der Waals surface area contributed by atoms with E-state index in [1.807, 2.05) is 81.1 Å². The molecule has 0 spiro atoms. The van der Waals surface area contributed by atoms with Crippen LogP contribution in [0.25, 0.3) is 0 Å². The molecule has 1 atom stereocenters. The van der Waals surface area contributed by atoms with Crippen molar-refractivity contribution in [3.63, 3.8) is 0 Å². The van der Waals surface area contributed by atoms with Gasteiger partial charge in [0.25, 0.3) is 0 Å². The van der Waals surface area contributed by atoms with E-state index in [2.05, 4.69) is 50.4 Å². The number of halogens is 2. The summed E-state index contributed by atoms with van der Waals surface area (Å²) in [5.41, 5.74) is 11.0. The van der Waals surface area contributed by atoms with Gasteiger partial charge in [0, 0.05) is 95.3 Å². The highest BCUT2D eigenvalue weighted by Crippen LogP contribution is 2.33. The molecule has 1 fully saturated rings. The second-order valence-corrected chi connectivity index (χ2v) is 15.3. The fourth-order valence-electron chi connectivity index (χ4n) is 5.64. The zero-order chi connectivity index (χ0) is 41.0. The highest BCUT2D eigenvalue weighted by molar-refractivity contribution is 6.33. The summed E-state index contributed by atoms with van der Waals surface area (Å²) in [5, 5.41) is 4.80. The van der Waals surface area contributed by atoms with Crippen LogP contribution in [0.5, 0.6) is 0 Å². The van der Waals surface area contributed by atoms with Gasteiger partial charge in [0.2, 0.25) is 11.8 Å². The second-order valence-electron chi connectivity index (χ2n) is 14.6. The van der Waals surface area contributed by atoms with E-state index >= 15 is 0 Å². The first kappa shape index (κ1) is 52.5. The van der Waals surface area contributed by atoms with Gasteiger partial charge < -0.3 is 20.9 Å². The molecule has 1 aliphatic heterocycles. The van der Waals surface area contributed by atoms with E-state index in [0.29, 0.717) is 24.0 Å². The number of piperidine rings is 1. The Morgan fingerprint density at radius 2 is 1.57 bits per heavy atom. The smallest absolute Gasteiger partial charge is 0.221 e. The summed E-state index contributed by atoms with van der Waals surface area (Å²) in [7, 11) is 1.77. The number of hydrazine groups is 2. The number of hydrogen-bond acceptors (Lipinski definition) is 8. The molecule has 6 N–H and O–H groups in total. The highest BCUT2D eigenvalue weighted by Gasteiger charge is 2.41. The minimum Gasteiger partial charge on any atom is -0.355 e. The predicted octanol–water partition coefficient (Wildman–Crippen LogP) is 7.86. The number of likely N-dealkylation sites (tertiary alicyclic amines) is 1. The monoisotopic (exact) mass is 781 g/mol. The van der Waals surface area contributed by atoms with Gasteiger partial charge in [0.1, 0.15) is 5.66 Å². The van der Waals surface area contributed by atoms with E-state index in [-0.39, 0.29) is 23.3 Å². The number of rotatable bonds is 15. The number of carbonyl (C=O) groups excluding carboxylic acids is 2. The summed E-state index contributed by atoms with van der Waals surface area (Å²) in [6.45, 7) is 27.1. The maximum absolute atomic E-state index is 12.9. The molecule has 1 aromatic rings. The third-order valence-electron chi connectivity index (χ3n) is 8.10. The first-order valence-corrected chi connectivity index (χ1v) is 19.8. The van der Waals surface area contributed by atoms with Crippen LogP contribution in [0.15, 0.2) is 75.8 Å². The lowest BCUT2D eigenvalue weighted by Gasteiger charge is -2.47.